The Hall–Kier alpha value is -0.510. The van der Waals surface area contributed by atoms with Gasteiger partial charge in [0.2, 0.25) is 5.89 Å². The van der Waals surface area contributed by atoms with Gasteiger partial charge in [-0.3, -0.25) is 4.99 Å². The van der Waals surface area contributed by atoms with Gasteiger partial charge in [0, 0.05) is 38.2 Å². The van der Waals surface area contributed by atoms with Crippen LogP contribution >= 0.6 is 35.7 Å². The Balaban J connectivity index is 0.00000361. The van der Waals surface area contributed by atoms with Gasteiger partial charge < -0.3 is 15.2 Å². The molecule has 116 valence electrons. The highest BCUT2D eigenvalue weighted by Gasteiger charge is 2.09. The van der Waals surface area contributed by atoms with E-state index in [1.165, 1.54) is 0 Å². The molecule has 8 heteroatoms. The molecule has 0 fully saturated rings. The monoisotopic (exact) mass is 413 g/mol. The number of hydrogen-bond donors (Lipinski definition) is 2. The molecule has 1 rings (SSSR count). The molecule has 1 aromatic rings. The minimum atomic E-state index is 0. The van der Waals surface area contributed by atoms with Crippen LogP contribution in [0.15, 0.2) is 9.52 Å². The number of rotatable bonds is 7. The van der Waals surface area contributed by atoms with Crippen LogP contribution in [0.25, 0.3) is 0 Å². The summed E-state index contributed by atoms with van der Waals surface area (Å²) in [5.74, 6) is 3.58. The molecule has 0 atom stereocenters. The van der Waals surface area contributed by atoms with Crippen LogP contribution in [0.1, 0.15) is 31.5 Å². The summed E-state index contributed by atoms with van der Waals surface area (Å²) in [4.78, 5) is 8.47. The second-order valence-corrected chi connectivity index (χ2v) is 5.36. The van der Waals surface area contributed by atoms with Crippen LogP contribution in [0.4, 0.5) is 0 Å². The van der Waals surface area contributed by atoms with Gasteiger partial charge in [-0.05, 0) is 6.26 Å². The van der Waals surface area contributed by atoms with E-state index in [1.54, 1.807) is 18.8 Å². The molecule has 0 aliphatic rings. The molecular weight excluding hydrogens is 389 g/mol. The van der Waals surface area contributed by atoms with Crippen molar-refractivity contribution in [3.8, 4) is 0 Å². The maximum absolute atomic E-state index is 5.18. The van der Waals surface area contributed by atoms with E-state index < -0.39 is 0 Å². The quantitative estimate of drug-likeness (QED) is 0.308. The zero-order valence-electron chi connectivity index (χ0n) is 12.5. The van der Waals surface area contributed by atoms with Crippen molar-refractivity contribution < 1.29 is 4.52 Å². The van der Waals surface area contributed by atoms with E-state index in [4.69, 9.17) is 4.52 Å². The van der Waals surface area contributed by atoms with E-state index in [2.05, 4.69) is 32.0 Å². The van der Waals surface area contributed by atoms with E-state index in [9.17, 15) is 0 Å². The highest BCUT2D eigenvalue weighted by molar-refractivity contribution is 14.0. The molecule has 0 aromatic carbocycles. The van der Waals surface area contributed by atoms with Crippen molar-refractivity contribution in [1.82, 2.24) is 20.8 Å². The number of halogens is 1. The summed E-state index contributed by atoms with van der Waals surface area (Å²) in [5.41, 5.74) is 0. The van der Waals surface area contributed by atoms with E-state index in [-0.39, 0.29) is 24.0 Å². The molecule has 0 saturated carbocycles. The first kappa shape index (κ1) is 19.5. The predicted octanol–water partition coefficient (Wildman–Crippen LogP) is 1.88. The molecule has 0 spiro atoms. The third-order valence-corrected chi connectivity index (χ3v) is 3.07. The van der Waals surface area contributed by atoms with Crippen LogP contribution in [-0.4, -0.2) is 48.2 Å². The molecule has 1 aromatic heterocycles. The molecule has 2 N–H and O–H groups in total. The largest absolute Gasteiger partial charge is 0.356 e. The fourth-order valence-electron chi connectivity index (χ4n) is 1.38. The van der Waals surface area contributed by atoms with Crippen molar-refractivity contribution in [2.75, 3.05) is 32.1 Å². The normalized spacial score (nSPS) is 11.3. The molecule has 0 saturated heterocycles. The molecule has 0 aliphatic heterocycles. The minimum absolute atomic E-state index is 0. The lowest BCUT2D eigenvalue weighted by Crippen LogP contribution is -2.39. The highest BCUT2D eigenvalue weighted by Crippen LogP contribution is 2.09. The lowest BCUT2D eigenvalue weighted by atomic mass is 10.2. The number of guanidine groups is 1. The second kappa shape index (κ2) is 11.2. The summed E-state index contributed by atoms with van der Waals surface area (Å²) in [5, 5.41) is 10.4. The van der Waals surface area contributed by atoms with Crippen molar-refractivity contribution in [2.45, 2.75) is 26.2 Å². The van der Waals surface area contributed by atoms with Crippen LogP contribution in [0.2, 0.25) is 0 Å². The number of aromatic nitrogens is 2. The highest BCUT2D eigenvalue weighted by atomic mass is 127. The van der Waals surface area contributed by atoms with Gasteiger partial charge in [0.25, 0.3) is 0 Å². The molecule has 0 radical (unpaired) electrons. The first-order valence-electron chi connectivity index (χ1n) is 6.43. The molecule has 20 heavy (non-hydrogen) atoms. The average molecular weight is 413 g/mol. The average Bonchev–Trinajstić information content (AvgIpc) is 2.86. The summed E-state index contributed by atoms with van der Waals surface area (Å²) < 4.78 is 5.18. The molecular formula is C12H24IN5OS. The third kappa shape index (κ3) is 7.32. The van der Waals surface area contributed by atoms with Gasteiger partial charge >= 0.3 is 0 Å². The second-order valence-electron chi connectivity index (χ2n) is 4.37. The Labute approximate surface area is 142 Å². The van der Waals surface area contributed by atoms with Gasteiger partial charge in [-0.1, -0.05) is 19.0 Å². The van der Waals surface area contributed by atoms with Crippen LogP contribution in [0.5, 0.6) is 0 Å². The maximum atomic E-state index is 5.18. The van der Waals surface area contributed by atoms with Gasteiger partial charge in [-0.15, -0.1) is 24.0 Å². The Bertz CT molecular complexity index is 397. The van der Waals surface area contributed by atoms with Crippen molar-refractivity contribution in [3.63, 3.8) is 0 Å². The van der Waals surface area contributed by atoms with E-state index >= 15 is 0 Å². The zero-order valence-corrected chi connectivity index (χ0v) is 15.6. The lowest BCUT2D eigenvalue weighted by molar-refractivity contribution is 0.371. The molecule has 0 unspecified atom stereocenters. The molecule has 0 amide bonds. The van der Waals surface area contributed by atoms with E-state index in [1.807, 2.05) is 13.8 Å². The van der Waals surface area contributed by atoms with Crippen molar-refractivity contribution in [1.29, 1.82) is 0 Å². The summed E-state index contributed by atoms with van der Waals surface area (Å²) in [7, 11) is 1.76. The number of nitrogens with one attached hydrogen (secondary N) is 2. The van der Waals surface area contributed by atoms with Gasteiger partial charge in [-0.2, -0.15) is 16.7 Å². The van der Waals surface area contributed by atoms with Crippen LogP contribution in [0.3, 0.4) is 0 Å². The number of hydrogen-bond acceptors (Lipinski definition) is 5. The van der Waals surface area contributed by atoms with Crippen LogP contribution in [-0.2, 0) is 6.42 Å². The van der Waals surface area contributed by atoms with Crippen molar-refractivity contribution >= 4 is 41.7 Å². The summed E-state index contributed by atoms with van der Waals surface area (Å²) in [6.45, 7) is 5.71. The number of thioether (sulfide) groups is 1. The zero-order chi connectivity index (χ0) is 14.1. The van der Waals surface area contributed by atoms with Crippen LogP contribution in [0, 0.1) is 0 Å². The standard InChI is InChI=1S/C12H23N5OS.HI/c1-9(2)11-16-10(18-17-11)5-6-14-12(13-3)15-7-8-19-4;/h9H,5-8H2,1-4H3,(H2,13,14,15);1H. The topological polar surface area (TPSA) is 75.3 Å². The van der Waals surface area contributed by atoms with Gasteiger partial charge in [0.05, 0.1) is 0 Å². The first-order chi connectivity index (χ1) is 9.17. The molecule has 0 aliphatic carbocycles. The van der Waals surface area contributed by atoms with Gasteiger partial charge in [-0.25, -0.2) is 0 Å². The Morgan fingerprint density at radius 2 is 2.05 bits per heavy atom. The number of aliphatic imine (C=N–C) groups is 1. The summed E-state index contributed by atoms with van der Waals surface area (Å²) >= 11 is 1.80. The smallest absolute Gasteiger partial charge is 0.228 e. The Morgan fingerprint density at radius 1 is 1.35 bits per heavy atom. The Morgan fingerprint density at radius 3 is 2.60 bits per heavy atom. The number of nitrogens with zero attached hydrogens (tertiary/aromatic N) is 3. The summed E-state index contributed by atoms with van der Waals surface area (Å²) in [6.07, 6.45) is 2.78. The minimum Gasteiger partial charge on any atom is -0.356 e. The van der Waals surface area contributed by atoms with E-state index in [0.717, 1.165) is 30.6 Å². The Kier molecular flexibility index (Phi) is 10.9. The lowest BCUT2D eigenvalue weighted by Gasteiger charge is -2.10. The molecule has 0 bridgehead atoms. The van der Waals surface area contributed by atoms with Crippen molar-refractivity contribution in [2.24, 2.45) is 4.99 Å². The van der Waals surface area contributed by atoms with E-state index in [0.29, 0.717) is 18.2 Å². The fraction of sp³-hybridized carbons (Fsp3) is 0.750. The van der Waals surface area contributed by atoms with Gasteiger partial charge in [0.15, 0.2) is 11.8 Å². The molecule has 6 nitrogen and oxygen atoms in total. The van der Waals surface area contributed by atoms with Crippen LogP contribution < -0.4 is 10.6 Å². The maximum Gasteiger partial charge on any atom is 0.228 e. The third-order valence-electron chi connectivity index (χ3n) is 2.45. The molecule has 1 heterocycles. The van der Waals surface area contributed by atoms with Gasteiger partial charge in [0.1, 0.15) is 0 Å². The summed E-state index contributed by atoms with van der Waals surface area (Å²) in [6, 6.07) is 0. The SMILES string of the molecule is CN=C(NCCSC)NCCc1nc(C(C)C)no1.I. The fourth-order valence-corrected chi connectivity index (χ4v) is 1.69. The predicted molar refractivity (Wildman–Crippen MR) is 95.3 cm³/mol. The van der Waals surface area contributed by atoms with Crippen molar-refractivity contribution in [3.05, 3.63) is 11.7 Å². The first-order valence-corrected chi connectivity index (χ1v) is 7.82.